The Morgan fingerprint density at radius 3 is 2.66 bits per heavy atom. The van der Waals surface area contributed by atoms with Crippen molar-refractivity contribution in [2.24, 2.45) is 5.92 Å². The molecule has 2 rings (SSSR count). The fraction of sp³-hybridized carbons (Fsp3) is 0.545. The third-order valence-corrected chi connectivity index (χ3v) is 4.78. The molecule has 7 heteroatoms. The van der Waals surface area contributed by atoms with Gasteiger partial charge < -0.3 is 24.8 Å². The number of thiocarbonyl (C=S) groups is 1. The fourth-order valence-corrected chi connectivity index (χ4v) is 3.32. The summed E-state index contributed by atoms with van der Waals surface area (Å²) in [6, 6.07) is 5.25. The van der Waals surface area contributed by atoms with Crippen molar-refractivity contribution < 1.29 is 19.0 Å². The average molecular weight is 421 g/mol. The Morgan fingerprint density at radius 2 is 2.00 bits per heavy atom. The summed E-state index contributed by atoms with van der Waals surface area (Å²) < 4.78 is 16.9. The summed E-state index contributed by atoms with van der Waals surface area (Å²) in [5.74, 6) is 1.21. The molecular formula is C22H32N2O4S. The molecule has 1 heterocycles. The second kappa shape index (κ2) is 11.0. The lowest BCUT2D eigenvalue weighted by molar-refractivity contribution is -0.140. The third-order valence-electron chi connectivity index (χ3n) is 4.56. The first kappa shape index (κ1) is 23.0. The second-order valence-corrected chi connectivity index (χ2v) is 7.94. The van der Waals surface area contributed by atoms with Gasteiger partial charge in [0.2, 0.25) is 0 Å². The summed E-state index contributed by atoms with van der Waals surface area (Å²) in [7, 11) is 1.61. The monoisotopic (exact) mass is 420 g/mol. The van der Waals surface area contributed by atoms with E-state index in [1.165, 1.54) is 0 Å². The van der Waals surface area contributed by atoms with Gasteiger partial charge in [-0.25, -0.2) is 4.79 Å². The molecule has 0 amide bonds. The lowest BCUT2D eigenvalue weighted by atomic mass is 9.95. The van der Waals surface area contributed by atoms with Crippen molar-refractivity contribution in [1.29, 1.82) is 0 Å². The normalized spacial score (nSPS) is 16.3. The molecule has 0 fully saturated rings. The standard InChI is InChI=1S/C22H32N2O4S/c1-6-7-8-11-27-17-10-9-16(12-18(17)26-5)20-19(15(4)23-22(29)24-20)21(25)28-13-14(2)3/h9-10,12,14,20H,6-8,11,13H2,1-5H3,(H2,23,24,29)/t20-/m0/s1. The highest BCUT2D eigenvalue weighted by Gasteiger charge is 2.31. The Bertz CT molecular complexity index is 761. The smallest absolute Gasteiger partial charge is 0.338 e. The van der Waals surface area contributed by atoms with Crippen molar-refractivity contribution >= 4 is 23.3 Å². The van der Waals surface area contributed by atoms with E-state index < -0.39 is 6.04 Å². The summed E-state index contributed by atoms with van der Waals surface area (Å²) in [5, 5.41) is 6.66. The zero-order valence-corrected chi connectivity index (χ0v) is 18.8. The maximum absolute atomic E-state index is 12.8. The number of carbonyl (C=O) groups excluding carboxylic acids is 1. The van der Waals surface area contributed by atoms with Crippen LogP contribution in [0.3, 0.4) is 0 Å². The number of nitrogens with one attached hydrogen (secondary N) is 2. The minimum atomic E-state index is -0.425. The van der Waals surface area contributed by atoms with E-state index >= 15 is 0 Å². The van der Waals surface area contributed by atoms with Crippen LogP contribution in [0.1, 0.15) is 58.6 Å². The molecule has 0 aliphatic carbocycles. The predicted molar refractivity (Wildman–Crippen MR) is 118 cm³/mol. The van der Waals surface area contributed by atoms with Crippen molar-refractivity contribution in [3.63, 3.8) is 0 Å². The number of ether oxygens (including phenoxy) is 3. The zero-order chi connectivity index (χ0) is 21.4. The molecule has 29 heavy (non-hydrogen) atoms. The van der Waals surface area contributed by atoms with Gasteiger partial charge in [-0.05, 0) is 49.2 Å². The second-order valence-electron chi connectivity index (χ2n) is 7.53. The highest BCUT2D eigenvalue weighted by atomic mass is 32.1. The molecule has 160 valence electrons. The molecule has 0 spiro atoms. The van der Waals surface area contributed by atoms with E-state index in [0.717, 1.165) is 24.8 Å². The quantitative estimate of drug-likeness (QED) is 0.333. The molecule has 0 bridgehead atoms. The topological polar surface area (TPSA) is 68.8 Å². The van der Waals surface area contributed by atoms with Gasteiger partial charge in [-0.2, -0.15) is 0 Å². The van der Waals surface area contributed by atoms with E-state index in [-0.39, 0.29) is 11.9 Å². The molecule has 1 aliphatic rings. The first-order chi connectivity index (χ1) is 13.9. The van der Waals surface area contributed by atoms with Crippen LogP contribution in [-0.4, -0.2) is 31.4 Å². The highest BCUT2D eigenvalue weighted by molar-refractivity contribution is 7.80. The van der Waals surface area contributed by atoms with Crippen LogP contribution in [0.5, 0.6) is 11.5 Å². The molecule has 0 unspecified atom stereocenters. The van der Waals surface area contributed by atoms with Crippen LogP contribution in [0.4, 0.5) is 0 Å². The third kappa shape index (κ3) is 6.35. The maximum atomic E-state index is 12.8. The fourth-order valence-electron chi connectivity index (χ4n) is 3.05. The number of benzene rings is 1. The van der Waals surface area contributed by atoms with E-state index in [1.54, 1.807) is 7.11 Å². The van der Waals surface area contributed by atoms with Gasteiger partial charge in [0.1, 0.15) is 0 Å². The minimum absolute atomic E-state index is 0.258. The predicted octanol–water partition coefficient (Wildman–Crippen LogP) is 4.26. The van der Waals surface area contributed by atoms with Crippen LogP contribution in [0.15, 0.2) is 29.5 Å². The largest absolute Gasteiger partial charge is 0.493 e. The van der Waals surface area contributed by atoms with Crippen LogP contribution in [0, 0.1) is 5.92 Å². The van der Waals surface area contributed by atoms with E-state index in [1.807, 2.05) is 39.0 Å². The van der Waals surface area contributed by atoms with Gasteiger partial charge in [-0.15, -0.1) is 0 Å². The van der Waals surface area contributed by atoms with E-state index in [4.69, 9.17) is 26.4 Å². The Labute approximate surface area is 179 Å². The molecule has 1 aromatic carbocycles. The first-order valence-electron chi connectivity index (χ1n) is 10.1. The molecule has 0 radical (unpaired) electrons. The van der Waals surface area contributed by atoms with Crippen molar-refractivity contribution in [3.05, 3.63) is 35.0 Å². The highest BCUT2D eigenvalue weighted by Crippen LogP contribution is 2.34. The molecule has 1 atom stereocenters. The van der Waals surface area contributed by atoms with Crippen LogP contribution in [-0.2, 0) is 9.53 Å². The SMILES string of the molecule is CCCCCOc1ccc([C@@H]2NC(=S)NC(C)=C2C(=O)OCC(C)C)cc1OC. The molecule has 0 aromatic heterocycles. The van der Waals surface area contributed by atoms with Crippen LogP contribution >= 0.6 is 12.2 Å². The Balaban J connectivity index is 2.27. The molecular weight excluding hydrogens is 388 g/mol. The summed E-state index contributed by atoms with van der Waals surface area (Å²) in [6.07, 6.45) is 3.27. The molecule has 0 saturated heterocycles. The number of allylic oxidation sites excluding steroid dienone is 1. The number of esters is 1. The van der Waals surface area contributed by atoms with Crippen molar-refractivity contribution in [2.75, 3.05) is 20.3 Å². The number of hydrogen-bond acceptors (Lipinski definition) is 5. The zero-order valence-electron chi connectivity index (χ0n) is 18.0. The summed E-state index contributed by atoms with van der Waals surface area (Å²) in [4.78, 5) is 12.8. The van der Waals surface area contributed by atoms with Crippen molar-refractivity contribution in [1.82, 2.24) is 10.6 Å². The van der Waals surface area contributed by atoms with Crippen LogP contribution in [0.25, 0.3) is 0 Å². The molecule has 6 nitrogen and oxygen atoms in total. The number of hydrogen-bond donors (Lipinski definition) is 2. The average Bonchev–Trinajstić information content (AvgIpc) is 2.68. The van der Waals surface area contributed by atoms with Gasteiger partial charge in [-0.1, -0.05) is 39.7 Å². The lowest BCUT2D eigenvalue weighted by Gasteiger charge is -2.30. The Hall–Kier alpha value is -2.28. The van der Waals surface area contributed by atoms with E-state index in [9.17, 15) is 4.79 Å². The number of unbranched alkanes of at least 4 members (excludes halogenated alkanes) is 2. The summed E-state index contributed by atoms with van der Waals surface area (Å²) >= 11 is 5.31. The molecule has 1 aliphatic heterocycles. The molecule has 1 aromatic rings. The first-order valence-corrected chi connectivity index (χ1v) is 10.5. The number of methoxy groups -OCH3 is 1. The van der Waals surface area contributed by atoms with Gasteiger partial charge in [0, 0.05) is 5.70 Å². The van der Waals surface area contributed by atoms with Crippen molar-refractivity contribution in [3.8, 4) is 11.5 Å². The van der Waals surface area contributed by atoms with Crippen LogP contribution in [0.2, 0.25) is 0 Å². The van der Waals surface area contributed by atoms with Crippen molar-refractivity contribution in [2.45, 2.75) is 53.0 Å². The van der Waals surface area contributed by atoms with Gasteiger partial charge >= 0.3 is 5.97 Å². The Kier molecular flexibility index (Phi) is 8.76. The van der Waals surface area contributed by atoms with Gasteiger partial charge in [0.05, 0.1) is 31.9 Å². The Morgan fingerprint density at radius 1 is 1.24 bits per heavy atom. The lowest BCUT2D eigenvalue weighted by Crippen LogP contribution is -2.45. The molecule has 2 N–H and O–H groups in total. The summed E-state index contributed by atoms with van der Waals surface area (Å²) in [6.45, 7) is 9.00. The molecule has 0 saturated carbocycles. The van der Waals surface area contributed by atoms with Crippen LogP contribution < -0.4 is 20.1 Å². The van der Waals surface area contributed by atoms with Gasteiger partial charge in [0.15, 0.2) is 16.6 Å². The van der Waals surface area contributed by atoms with Gasteiger partial charge in [-0.3, -0.25) is 0 Å². The maximum Gasteiger partial charge on any atom is 0.338 e. The van der Waals surface area contributed by atoms with E-state index in [0.29, 0.717) is 41.1 Å². The van der Waals surface area contributed by atoms with E-state index in [2.05, 4.69) is 17.6 Å². The number of carbonyl (C=O) groups is 1. The van der Waals surface area contributed by atoms with Gasteiger partial charge in [0.25, 0.3) is 0 Å². The minimum Gasteiger partial charge on any atom is -0.493 e. The summed E-state index contributed by atoms with van der Waals surface area (Å²) in [5.41, 5.74) is 2.05. The number of rotatable bonds is 10.